The minimum atomic E-state index is -1.45. The van der Waals surface area contributed by atoms with Gasteiger partial charge in [0.1, 0.15) is 6.61 Å². The predicted molar refractivity (Wildman–Crippen MR) is 67.2 cm³/mol. The highest BCUT2D eigenvalue weighted by molar-refractivity contribution is 5.85. The first-order valence-corrected chi connectivity index (χ1v) is 5.78. The smallest absolute Gasteiger partial charge is 0.350 e. The normalized spacial score (nSPS) is 12.3. The van der Waals surface area contributed by atoms with Crippen LogP contribution in [0, 0.1) is 0 Å². The third kappa shape index (κ3) is 6.59. The van der Waals surface area contributed by atoms with E-state index in [0.29, 0.717) is 5.57 Å². The average Bonchev–Trinajstić information content (AvgIpc) is 2.23. The van der Waals surface area contributed by atoms with E-state index in [0.717, 1.165) is 0 Å². The van der Waals surface area contributed by atoms with Crippen molar-refractivity contribution in [1.29, 1.82) is 0 Å². The number of carbonyl (C=O) groups is 3. The summed E-state index contributed by atoms with van der Waals surface area (Å²) in [6, 6.07) is 0. The molecule has 0 radical (unpaired) electrons. The maximum atomic E-state index is 11.7. The molecule has 19 heavy (non-hydrogen) atoms. The number of carbonyl (C=O) groups excluding carboxylic acids is 3. The van der Waals surface area contributed by atoms with Gasteiger partial charge in [-0.2, -0.15) is 0 Å². The van der Waals surface area contributed by atoms with Crippen LogP contribution in [0.3, 0.4) is 0 Å². The van der Waals surface area contributed by atoms with E-state index >= 15 is 0 Å². The molecule has 6 heteroatoms. The standard InChI is InChI=1S/C13H20O6/c1-8(2)7-17-11(15)9(3)18-12(16)13(5,6)19-10(4)14/h9H,1,7H2,2-6H3. The molecule has 0 saturated carbocycles. The number of ether oxygens (including phenoxy) is 3. The van der Waals surface area contributed by atoms with Crippen molar-refractivity contribution < 1.29 is 28.6 Å². The molecule has 0 saturated heterocycles. The quantitative estimate of drug-likeness (QED) is 0.413. The van der Waals surface area contributed by atoms with Crippen molar-refractivity contribution >= 4 is 17.9 Å². The highest BCUT2D eigenvalue weighted by Gasteiger charge is 2.35. The van der Waals surface area contributed by atoms with Crippen molar-refractivity contribution in [3.8, 4) is 0 Å². The van der Waals surface area contributed by atoms with Crippen LogP contribution in [0.5, 0.6) is 0 Å². The molecule has 0 N–H and O–H groups in total. The van der Waals surface area contributed by atoms with Gasteiger partial charge < -0.3 is 14.2 Å². The molecular formula is C13H20O6. The summed E-state index contributed by atoms with van der Waals surface area (Å²) in [5.41, 5.74) is -0.776. The Morgan fingerprint density at radius 2 is 1.74 bits per heavy atom. The van der Waals surface area contributed by atoms with Crippen LogP contribution in [0.15, 0.2) is 12.2 Å². The zero-order valence-electron chi connectivity index (χ0n) is 11.9. The average molecular weight is 272 g/mol. The Hall–Kier alpha value is -1.85. The van der Waals surface area contributed by atoms with Crippen molar-refractivity contribution in [3.05, 3.63) is 12.2 Å². The molecule has 0 fully saturated rings. The van der Waals surface area contributed by atoms with Gasteiger partial charge in [0.2, 0.25) is 5.60 Å². The van der Waals surface area contributed by atoms with Gasteiger partial charge in [-0.15, -0.1) is 0 Å². The minimum Gasteiger partial charge on any atom is -0.458 e. The van der Waals surface area contributed by atoms with E-state index in [9.17, 15) is 14.4 Å². The molecule has 1 atom stereocenters. The van der Waals surface area contributed by atoms with Crippen molar-refractivity contribution in [2.24, 2.45) is 0 Å². The molecule has 0 heterocycles. The molecule has 0 amide bonds. The van der Waals surface area contributed by atoms with Crippen LogP contribution in [0.4, 0.5) is 0 Å². The molecule has 0 aromatic carbocycles. The van der Waals surface area contributed by atoms with E-state index < -0.39 is 29.6 Å². The van der Waals surface area contributed by atoms with Crippen molar-refractivity contribution in [2.45, 2.75) is 46.3 Å². The Labute approximate surface area is 112 Å². The molecule has 0 aromatic heterocycles. The van der Waals surface area contributed by atoms with E-state index in [1.807, 2.05) is 0 Å². The number of hydrogen-bond acceptors (Lipinski definition) is 6. The number of hydrogen-bond donors (Lipinski definition) is 0. The van der Waals surface area contributed by atoms with E-state index in [-0.39, 0.29) is 6.61 Å². The monoisotopic (exact) mass is 272 g/mol. The molecule has 0 rings (SSSR count). The van der Waals surface area contributed by atoms with Crippen molar-refractivity contribution in [2.75, 3.05) is 6.61 Å². The van der Waals surface area contributed by atoms with Crippen LogP contribution >= 0.6 is 0 Å². The van der Waals surface area contributed by atoms with Gasteiger partial charge in [-0.05, 0) is 33.3 Å². The first-order valence-electron chi connectivity index (χ1n) is 5.78. The van der Waals surface area contributed by atoms with Crippen LogP contribution in [0.1, 0.15) is 34.6 Å². The van der Waals surface area contributed by atoms with E-state index in [1.54, 1.807) is 6.92 Å². The molecule has 6 nitrogen and oxygen atoms in total. The third-order valence-electron chi connectivity index (χ3n) is 1.97. The van der Waals surface area contributed by atoms with Crippen LogP contribution < -0.4 is 0 Å². The van der Waals surface area contributed by atoms with Gasteiger partial charge in [-0.1, -0.05) is 6.58 Å². The Balaban J connectivity index is 4.43. The number of rotatable bonds is 6. The van der Waals surface area contributed by atoms with Crippen LogP contribution in [0.2, 0.25) is 0 Å². The summed E-state index contributed by atoms with van der Waals surface area (Å²) in [5.74, 6) is -2.11. The second kappa shape index (κ2) is 6.92. The van der Waals surface area contributed by atoms with E-state index in [1.165, 1.54) is 27.7 Å². The highest BCUT2D eigenvalue weighted by atomic mass is 16.6. The molecule has 0 bridgehead atoms. The molecule has 0 aliphatic carbocycles. The van der Waals surface area contributed by atoms with Gasteiger partial charge in [-0.25, -0.2) is 9.59 Å². The fraction of sp³-hybridized carbons (Fsp3) is 0.615. The summed E-state index contributed by atoms with van der Waals surface area (Å²) < 4.78 is 14.5. The summed E-state index contributed by atoms with van der Waals surface area (Å²) in [6.07, 6.45) is -1.08. The third-order valence-corrected chi connectivity index (χ3v) is 1.97. The summed E-state index contributed by atoms with van der Waals surface area (Å²) in [7, 11) is 0. The molecule has 0 aliphatic heterocycles. The Morgan fingerprint density at radius 3 is 2.16 bits per heavy atom. The first kappa shape index (κ1) is 17.2. The lowest BCUT2D eigenvalue weighted by Crippen LogP contribution is -2.41. The molecule has 0 spiro atoms. The Morgan fingerprint density at radius 1 is 1.21 bits per heavy atom. The summed E-state index contributed by atoms with van der Waals surface area (Å²) in [5, 5.41) is 0. The summed E-state index contributed by atoms with van der Waals surface area (Å²) in [4.78, 5) is 34.0. The second-order valence-electron chi connectivity index (χ2n) is 4.72. The van der Waals surface area contributed by atoms with Crippen LogP contribution in [-0.2, 0) is 28.6 Å². The molecule has 108 valence electrons. The van der Waals surface area contributed by atoms with Gasteiger partial charge in [0, 0.05) is 6.92 Å². The zero-order valence-corrected chi connectivity index (χ0v) is 11.9. The summed E-state index contributed by atoms with van der Waals surface area (Å²) >= 11 is 0. The maximum absolute atomic E-state index is 11.7. The largest absolute Gasteiger partial charge is 0.458 e. The van der Waals surface area contributed by atoms with Crippen molar-refractivity contribution in [1.82, 2.24) is 0 Å². The van der Waals surface area contributed by atoms with E-state index in [2.05, 4.69) is 6.58 Å². The van der Waals surface area contributed by atoms with Crippen LogP contribution in [-0.4, -0.2) is 36.2 Å². The van der Waals surface area contributed by atoms with Gasteiger partial charge in [0.25, 0.3) is 0 Å². The second-order valence-corrected chi connectivity index (χ2v) is 4.72. The minimum absolute atomic E-state index is 0.0636. The number of esters is 3. The summed E-state index contributed by atoms with van der Waals surface area (Å²) in [6.45, 7) is 10.7. The van der Waals surface area contributed by atoms with Gasteiger partial charge in [0.05, 0.1) is 0 Å². The maximum Gasteiger partial charge on any atom is 0.350 e. The lowest BCUT2D eigenvalue weighted by molar-refractivity contribution is -0.185. The molecular weight excluding hydrogens is 252 g/mol. The Kier molecular flexibility index (Phi) is 6.24. The lowest BCUT2D eigenvalue weighted by Gasteiger charge is -2.23. The lowest BCUT2D eigenvalue weighted by atomic mass is 10.1. The predicted octanol–water partition coefficient (Wildman–Crippen LogP) is 1.38. The fourth-order valence-electron chi connectivity index (χ4n) is 1.06. The van der Waals surface area contributed by atoms with E-state index in [4.69, 9.17) is 14.2 Å². The highest BCUT2D eigenvalue weighted by Crippen LogP contribution is 2.13. The fourth-order valence-corrected chi connectivity index (χ4v) is 1.06. The van der Waals surface area contributed by atoms with Gasteiger partial charge in [0.15, 0.2) is 6.10 Å². The Bertz CT molecular complexity index is 383. The van der Waals surface area contributed by atoms with Gasteiger partial charge >= 0.3 is 17.9 Å². The van der Waals surface area contributed by atoms with Gasteiger partial charge in [-0.3, -0.25) is 4.79 Å². The molecule has 1 unspecified atom stereocenters. The SMILES string of the molecule is C=C(C)COC(=O)C(C)OC(=O)C(C)(C)OC(C)=O. The molecule has 0 aromatic rings. The molecule has 0 aliphatic rings. The van der Waals surface area contributed by atoms with Crippen LogP contribution in [0.25, 0.3) is 0 Å². The first-order chi connectivity index (χ1) is 8.56. The topological polar surface area (TPSA) is 78.9 Å². The van der Waals surface area contributed by atoms with Crippen molar-refractivity contribution in [3.63, 3.8) is 0 Å². The zero-order chi connectivity index (χ0) is 15.2.